The van der Waals surface area contributed by atoms with Crippen LogP contribution in [-0.4, -0.2) is 22.8 Å². The summed E-state index contributed by atoms with van der Waals surface area (Å²) in [6, 6.07) is 4.71. The number of halogens is 1. The van der Waals surface area contributed by atoms with E-state index in [9.17, 15) is 0 Å². The van der Waals surface area contributed by atoms with Gasteiger partial charge in [0.2, 0.25) is 0 Å². The van der Waals surface area contributed by atoms with Crippen molar-refractivity contribution in [2.45, 2.75) is 68.2 Å². The molecule has 4 heteroatoms. The van der Waals surface area contributed by atoms with Gasteiger partial charge in [-0.3, -0.25) is 0 Å². The first kappa shape index (κ1) is 16.3. The van der Waals surface area contributed by atoms with E-state index in [4.69, 9.17) is 0 Å². The molecule has 1 aromatic heterocycles. The van der Waals surface area contributed by atoms with Crippen LogP contribution in [-0.2, 0) is 0 Å². The number of thioether (sulfide) groups is 1. The lowest BCUT2D eigenvalue weighted by molar-refractivity contribution is 0.400. The lowest BCUT2D eigenvalue weighted by Crippen LogP contribution is -2.39. The number of hydrogen-bond acceptors (Lipinski definition) is 3. The van der Waals surface area contributed by atoms with Gasteiger partial charge in [-0.1, -0.05) is 32.6 Å². The fourth-order valence-electron chi connectivity index (χ4n) is 2.76. The van der Waals surface area contributed by atoms with E-state index in [0.717, 1.165) is 16.0 Å². The zero-order valence-corrected chi connectivity index (χ0v) is 14.7. The van der Waals surface area contributed by atoms with Crippen LogP contribution in [0.4, 0.5) is 0 Å². The van der Waals surface area contributed by atoms with E-state index in [2.05, 4.69) is 39.2 Å². The van der Waals surface area contributed by atoms with Crippen molar-refractivity contribution in [3.8, 4) is 0 Å². The summed E-state index contributed by atoms with van der Waals surface area (Å²) in [6.45, 7) is 3.37. The van der Waals surface area contributed by atoms with Crippen molar-refractivity contribution in [1.82, 2.24) is 10.3 Å². The van der Waals surface area contributed by atoms with E-state index in [-0.39, 0.29) is 0 Å². The predicted octanol–water partition coefficient (Wildman–Crippen LogP) is 5.03. The van der Waals surface area contributed by atoms with Crippen LogP contribution >= 0.6 is 27.7 Å². The van der Waals surface area contributed by atoms with Crippen LogP contribution in [0, 0.1) is 0 Å². The van der Waals surface area contributed by atoms with Gasteiger partial charge in [-0.15, -0.1) is 11.8 Å². The van der Waals surface area contributed by atoms with Gasteiger partial charge in [-0.25, -0.2) is 4.98 Å². The lowest BCUT2D eigenvalue weighted by atomic mass is 9.96. The molecule has 0 saturated heterocycles. The van der Waals surface area contributed by atoms with Crippen LogP contribution in [0.25, 0.3) is 0 Å². The van der Waals surface area contributed by atoms with E-state index < -0.39 is 0 Å². The standard InChI is InChI=1S/C16H25BrN2S/c1-2-11-18-14-9-5-3-4-6-10-15(14)20-16-13(17)8-7-12-19-16/h7-8,12,14-15,18H,2-6,9-11H2,1H3. The second kappa shape index (κ2) is 9.06. The Morgan fingerprint density at radius 2 is 2.10 bits per heavy atom. The highest BCUT2D eigenvalue weighted by Gasteiger charge is 2.24. The average Bonchev–Trinajstić information content (AvgIpc) is 2.43. The molecule has 1 aliphatic carbocycles. The maximum atomic E-state index is 4.53. The zero-order valence-electron chi connectivity index (χ0n) is 12.3. The molecule has 20 heavy (non-hydrogen) atoms. The Hall–Kier alpha value is -0.0600. The molecule has 0 aromatic carbocycles. The van der Waals surface area contributed by atoms with E-state index >= 15 is 0 Å². The van der Waals surface area contributed by atoms with Gasteiger partial charge in [0.25, 0.3) is 0 Å². The summed E-state index contributed by atoms with van der Waals surface area (Å²) in [5.74, 6) is 0. The average molecular weight is 357 g/mol. The van der Waals surface area contributed by atoms with Crippen molar-refractivity contribution in [2.24, 2.45) is 0 Å². The third-order valence-corrected chi connectivity index (χ3v) is 6.16. The highest BCUT2D eigenvalue weighted by molar-refractivity contribution is 9.10. The maximum Gasteiger partial charge on any atom is 0.110 e. The highest BCUT2D eigenvalue weighted by atomic mass is 79.9. The molecule has 1 fully saturated rings. The monoisotopic (exact) mass is 356 g/mol. The first-order chi connectivity index (χ1) is 9.81. The largest absolute Gasteiger partial charge is 0.313 e. The highest BCUT2D eigenvalue weighted by Crippen LogP contribution is 2.34. The van der Waals surface area contributed by atoms with Gasteiger partial charge in [0.05, 0.1) is 0 Å². The SMILES string of the molecule is CCCNC1CCCCCCC1Sc1ncccc1Br. The minimum atomic E-state index is 0.633. The number of nitrogens with one attached hydrogen (secondary N) is 1. The number of aromatic nitrogens is 1. The van der Waals surface area contributed by atoms with Crippen LogP contribution in [0.15, 0.2) is 27.8 Å². The van der Waals surface area contributed by atoms with Gasteiger partial charge in [0.1, 0.15) is 5.03 Å². The topological polar surface area (TPSA) is 24.9 Å². The molecular formula is C16H25BrN2S. The van der Waals surface area contributed by atoms with Crippen molar-refractivity contribution < 1.29 is 0 Å². The van der Waals surface area contributed by atoms with Gasteiger partial charge >= 0.3 is 0 Å². The maximum absolute atomic E-state index is 4.53. The quantitative estimate of drug-likeness (QED) is 0.800. The van der Waals surface area contributed by atoms with Gasteiger partial charge in [-0.05, 0) is 53.9 Å². The second-order valence-corrected chi connectivity index (χ2v) is 7.58. The van der Waals surface area contributed by atoms with Gasteiger partial charge in [-0.2, -0.15) is 0 Å². The van der Waals surface area contributed by atoms with E-state index in [1.807, 2.05) is 24.0 Å². The van der Waals surface area contributed by atoms with Crippen LogP contribution in [0.1, 0.15) is 51.9 Å². The van der Waals surface area contributed by atoms with Crippen LogP contribution < -0.4 is 5.32 Å². The van der Waals surface area contributed by atoms with E-state index in [1.54, 1.807) is 0 Å². The van der Waals surface area contributed by atoms with Crippen molar-refractivity contribution in [3.05, 3.63) is 22.8 Å². The summed E-state index contributed by atoms with van der Waals surface area (Å²) < 4.78 is 1.13. The minimum absolute atomic E-state index is 0.633. The molecule has 2 unspecified atom stereocenters. The Morgan fingerprint density at radius 3 is 2.85 bits per heavy atom. The third kappa shape index (κ3) is 5.05. The molecule has 0 spiro atoms. The molecule has 1 N–H and O–H groups in total. The summed E-state index contributed by atoms with van der Waals surface area (Å²) in [5, 5.41) is 5.55. The second-order valence-electron chi connectivity index (χ2n) is 5.50. The smallest absolute Gasteiger partial charge is 0.110 e. The third-order valence-electron chi connectivity index (χ3n) is 3.85. The molecule has 2 atom stereocenters. The van der Waals surface area contributed by atoms with Gasteiger partial charge in [0, 0.05) is 22.0 Å². The van der Waals surface area contributed by atoms with Crippen molar-refractivity contribution in [2.75, 3.05) is 6.54 Å². The summed E-state index contributed by atoms with van der Waals surface area (Å²) >= 11 is 5.58. The molecule has 112 valence electrons. The lowest BCUT2D eigenvalue weighted by Gasteiger charge is -2.29. The molecule has 0 aliphatic heterocycles. The Labute approximate surface area is 135 Å². The van der Waals surface area contributed by atoms with Crippen molar-refractivity contribution in [3.63, 3.8) is 0 Å². The molecule has 1 saturated carbocycles. The molecule has 2 rings (SSSR count). The van der Waals surface area contributed by atoms with E-state index in [0.29, 0.717) is 11.3 Å². The molecule has 1 aliphatic rings. The van der Waals surface area contributed by atoms with Gasteiger partial charge < -0.3 is 5.32 Å². The summed E-state index contributed by atoms with van der Waals surface area (Å²) in [5.41, 5.74) is 0. The molecular weight excluding hydrogens is 332 g/mol. The van der Waals surface area contributed by atoms with Crippen LogP contribution in [0.2, 0.25) is 0 Å². The normalized spacial score (nSPS) is 24.1. The fraction of sp³-hybridized carbons (Fsp3) is 0.688. The van der Waals surface area contributed by atoms with Crippen molar-refractivity contribution >= 4 is 27.7 Å². The van der Waals surface area contributed by atoms with Crippen LogP contribution in [0.3, 0.4) is 0 Å². The summed E-state index contributed by atoms with van der Waals surface area (Å²) in [6.07, 6.45) is 11.2. The molecule has 1 aromatic rings. The Morgan fingerprint density at radius 1 is 1.30 bits per heavy atom. The first-order valence-corrected chi connectivity index (χ1v) is 9.49. The van der Waals surface area contributed by atoms with Gasteiger partial charge in [0.15, 0.2) is 0 Å². The molecule has 1 heterocycles. The fourth-order valence-corrected chi connectivity index (χ4v) is 4.56. The number of nitrogens with zero attached hydrogens (tertiary/aromatic N) is 1. The summed E-state index contributed by atoms with van der Waals surface area (Å²) in [4.78, 5) is 4.53. The molecule has 0 amide bonds. The number of rotatable bonds is 5. The first-order valence-electron chi connectivity index (χ1n) is 7.82. The van der Waals surface area contributed by atoms with E-state index in [1.165, 1.54) is 44.9 Å². The molecule has 0 bridgehead atoms. The summed E-state index contributed by atoms with van der Waals surface area (Å²) in [7, 11) is 0. The Bertz CT molecular complexity index is 398. The number of hydrogen-bond donors (Lipinski definition) is 1. The van der Waals surface area contributed by atoms with Crippen LogP contribution in [0.5, 0.6) is 0 Å². The Kier molecular flexibility index (Phi) is 7.39. The molecule has 2 nitrogen and oxygen atoms in total. The minimum Gasteiger partial charge on any atom is -0.313 e. The molecule has 0 radical (unpaired) electrons. The predicted molar refractivity (Wildman–Crippen MR) is 91.4 cm³/mol. The zero-order chi connectivity index (χ0) is 14.2. The number of pyridine rings is 1. The Balaban J connectivity index is 2.04. The van der Waals surface area contributed by atoms with Crippen molar-refractivity contribution in [1.29, 1.82) is 0 Å².